The van der Waals surface area contributed by atoms with E-state index in [4.69, 9.17) is 17.2 Å². The van der Waals surface area contributed by atoms with Gasteiger partial charge in [0.05, 0.1) is 36.0 Å². The molecular formula is C70H73F9N12O6. The molecule has 3 heterocycles. The topological polar surface area (TPSA) is 300 Å². The van der Waals surface area contributed by atoms with Crippen LogP contribution in [0.25, 0.3) is 32.7 Å². The van der Waals surface area contributed by atoms with Gasteiger partial charge in [0.2, 0.25) is 35.4 Å². The Morgan fingerprint density at radius 2 is 0.619 bits per heavy atom. The number of hydrogen-bond acceptors (Lipinski definition) is 9. The number of nitrogens with one attached hydrogen (secondary N) is 9. The number of aromatic amines is 3. The number of nitrogens with two attached hydrogens (primary N) is 3. The maximum absolute atomic E-state index is 14.0. The van der Waals surface area contributed by atoms with E-state index in [9.17, 15) is 68.3 Å². The zero-order valence-corrected chi connectivity index (χ0v) is 52.4. The molecule has 0 fully saturated rings. The largest absolute Gasteiger partial charge is 0.416 e. The molecule has 0 unspecified atom stereocenters. The van der Waals surface area contributed by atoms with Crippen LogP contribution in [-0.4, -0.2) is 88.2 Å². The van der Waals surface area contributed by atoms with Gasteiger partial charge in [-0.2, -0.15) is 39.5 Å². The van der Waals surface area contributed by atoms with E-state index in [0.29, 0.717) is 125 Å². The molecule has 0 aliphatic heterocycles. The molecule has 0 saturated heterocycles. The predicted molar refractivity (Wildman–Crippen MR) is 352 cm³/mol. The highest BCUT2D eigenvalue weighted by atomic mass is 19.4. The van der Waals surface area contributed by atoms with E-state index in [2.05, 4.69) is 46.9 Å². The lowest BCUT2D eigenvalue weighted by Crippen LogP contribution is -2.44. The Morgan fingerprint density at radius 3 is 0.856 bits per heavy atom. The van der Waals surface area contributed by atoms with Crippen molar-refractivity contribution < 1.29 is 68.3 Å². The number of halogens is 9. The van der Waals surface area contributed by atoms with E-state index in [1.54, 1.807) is 72.8 Å². The van der Waals surface area contributed by atoms with Crippen molar-refractivity contribution in [1.29, 1.82) is 0 Å². The van der Waals surface area contributed by atoms with Crippen molar-refractivity contribution in [3.8, 4) is 0 Å². The molecule has 3 aromatic heterocycles. The zero-order valence-electron chi connectivity index (χ0n) is 52.4. The van der Waals surface area contributed by atoms with Crippen molar-refractivity contribution in [1.82, 2.24) is 30.9 Å². The molecule has 9 rings (SSSR count). The van der Waals surface area contributed by atoms with Gasteiger partial charge in [-0.15, -0.1) is 0 Å². The van der Waals surface area contributed by atoms with Crippen LogP contribution in [-0.2, 0) is 66.6 Å². The summed E-state index contributed by atoms with van der Waals surface area (Å²) >= 11 is 0. The summed E-state index contributed by atoms with van der Waals surface area (Å²) in [7, 11) is 0. The highest BCUT2D eigenvalue weighted by Crippen LogP contribution is 2.37. The Bertz CT molecular complexity index is 3790. The third-order valence-corrected chi connectivity index (χ3v) is 16.7. The van der Waals surface area contributed by atoms with Crippen LogP contribution < -0.4 is 49.1 Å². The molecule has 97 heavy (non-hydrogen) atoms. The summed E-state index contributed by atoms with van der Waals surface area (Å²) in [6, 6.07) is 26.8. The second-order valence-electron chi connectivity index (χ2n) is 23.7. The molecule has 0 bridgehead atoms. The van der Waals surface area contributed by atoms with Gasteiger partial charge in [0.15, 0.2) is 0 Å². The molecule has 9 aromatic rings. The number of hydrogen-bond donors (Lipinski definition) is 12. The Balaban J connectivity index is 0.939. The molecule has 6 amide bonds. The predicted octanol–water partition coefficient (Wildman–Crippen LogP) is 11.8. The Hall–Kier alpha value is -9.99. The van der Waals surface area contributed by atoms with Gasteiger partial charge >= 0.3 is 18.5 Å². The van der Waals surface area contributed by atoms with Gasteiger partial charge < -0.3 is 64.1 Å². The first kappa shape index (κ1) is 71.3. The van der Waals surface area contributed by atoms with Crippen LogP contribution >= 0.6 is 0 Å². The average molecular weight is 1350 g/mol. The number of aromatic nitrogens is 3. The standard InChI is InChI=1S/C70H73F9N12O6/c71-68(72,73)46-16-25-55-52(34-46)43(37-83-55)31-61(92)89-58(7-1-4-28-80)65(95)86-49-19-10-40(11-20-49)64(41-12-21-50(22-13-41)87-66(96)59(8-2-5-29-81)90-62(93)32-44-38-84-56-26-17-47(35-53(44)56)69(74,75)76)42-14-23-51(24-15-42)88-67(97)60(9-3-6-30-82)91-63(94)33-45-39-85-57-27-18-48(36-54(45)57)70(77,78)79/h10-27,34-39,58-60,64,83-85H,1-9,28-33,80-82H2,(H,86,95)(H,87,96)(H,88,97)(H,89,92)(H,90,93)(H,91,94)/t58-,59-,60-/m0/s1. The van der Waals surface area contributed by atoms with E-state index >= 15 is 0 Å². The lowest BCUT2D eigenvalue weighted by atomic mass is 9.85. The number of anilines is 3. The van der Waals surface area contributed by atoms with Crippen molar-refractivity contribution in [3.05, 3.63) is 196 Å². The second kappa shape index (κ2) is 31.7. The molecular weight excluding hydrogens is 1280 g/mol. The molecule has 0 aliphatic rings. The Morgan fingerprint density at radius 1 is 0.361 bits per heavy atom. The number of carbonyl (C=O) groups excluding carboxylic acids is 6. The fraction of sp³-hybridized carbons (Fsp3) is 0.314. The van der Waals surface area contributed by atoms with Crippen LogP contribution in [0.3, 0.4) is 0 Å². The normalized spacial score (nSPS) is 13.0. The average Bonchev–Trinajstić information content (AvgIpc) is 1.72. The fourth-order valence-corrected chi connectivity index (χ4v) is 11.6. The first-order chi connectivity index (χ1) is 46.3. The summed E-state index contributed by atoms with van der Waals surface area (Å²) in [6.45, 7) is 0.949. The zero-order chi connectivity index (χ0) is 69.6. The number of alkyl halides is 9. The summed E-state index contributed by atoms with van der Waals surface area (Å²) in [6.07, 6.45) is -6.96. The third-order valence-electron chi connectivity index (χ3n) is 16.7. The van der Waals surface area contributed by atoms with Crippen LogP contribution in [0.1, 0.15) is 114 Å². The minimum Gasteiger partial charge on any atom is -0.361 e. The first-order valence-electron chi connectivity index (χ1n) is 31.5. The van der Waals surface area contributed by atoms with Crippen molar-refractivity contribution in [2.24, 2.45) is 17.2 Å². The van der Waals surface area contributed by atoms with E-state index in [1.165, 1.54) is 36.8 Å². The Labute approximate surface area is 550 Å². The van der Waals surface area contributed by atoms with Gasteiger partial charge in [-0.05, 0) is 202 Å². The van der Waals surface area contributed by atoms with Gasteiger partial charge in [0, 0.05) is 74.3 Å². The quantitative estimate of drug-likeness (QED) is 0.0116. The number of benzene rings is 6. The number of rotatable bonds is 30. The summed E-state index contributed by atoms with van der Waals surface area (Å²) < 4.78 is 123. The lowest BCUT2D eigenvalue weighted by molar-refractivity contribution is -0.138. The molecule has 18 nitrogen and oxygen atoms in total. The summed E-state index contributed by atoms with van der Waals surface area (Å²) in [5.41, 5.74) is 19.8. The van der Waals surface area contributed by atoms with Gasteiger partial charge in [-0.3, -0.25) is 28.8 Å². The van der Waals surface area contributed by atoms with E-state index in [0.717, 1.165) is 36.4 Å². The van der Waals surface area contributed by atoms with Crippen molar-refractivity contribution in [3.63, 3.8) is 0 Å². The molecule has 512 valence electrons. The molecule has 27 heteroatoms. The Kier molecular flexibility index (Phi) is 23.3. The van der Waals surface area contributed by atoms with Crippen LogP contribution in [0.4, 0.5) is 56.6 Å². The fourth-order valence-electron chi connectivity index (χ4n) is 11.6. The minimum absolute atomic E-state index is 0.188. The molecule has 0 radical (unpaired) electrons. The van der Waals surface area contributed by atoms with Crippen molar-refractivity contribution in [2.45, 2.75) is 120 Å². The molecule has 3 atom stereocenters. The highest BCUT2D eigenvalue weighted by Gasteiger charge is 2.34. The van der Waals surface area contributed by atoms with Crippen LogP contribution in [0.5, 0.6) is 0 Å². The maximum Gasteiger partial charge on any atom is 0.416 e. The van der Waals surface area contributed by atoms with Crippen LogP contribution in [0.2, 0.25) is 0 Å². The highest BCUT2D eigenvalue weighted by molar-refractivity contribution is 6.00. The number of unbranched alkanes of at least 4 members (excludes halogenated alkanes) is 3. The van der Waals surface area contributed by atoms with Gasteiger partial charge in [-0.1, -0.05) is 36.4 Å². The molecule has 0 saturated carbocycles. The number of amides is 6. The monoisotopic (exact) mass is 1350 g/mol. The number of fused-ring (bicyclic) bond motifs is 3. The van der Waals surface area contributed by atoms with Gasteiger partial charge in [0.25, 0.3) is 0 Å². The van der Waals surface area contributed by atoms with Crippen LogP contribution in [0, 0.1) is 0 Å². The van der Waals surface area contributed by atoms with Gasteiger partial charge in [-0.25, -0.2) is 0 Å². The number of H-pyrrole nitrogens is 3. The summed E-state index contributed by atoms with van der Waals surface area (Å²) in [5.74, 6) is -4.11. The minimum atomic E-state index is -4.62. The van der Waals surface area contributed by atoms with E-state index < -0.39 is 94.7 Å². The van der Waals surface area contributed by atoms with Crippen molar-refractivity contribution >= 4 is 85.2 Å². The smallest absolute Gasteiger partial charge is 0.361 e. The van der Waals surface area contributed by atoms with Gasteiger partial charge in [0.1, 0.15) is 18.1 Å². The molecule has 0 aliphatic carbocycles. The van der Waals surface area contributed by atoms with E-state index in [-0.39, 0.29) is 54.7 Å². The maximum atomic E-state index is 14.0. The molecule has 6 aromatic carbocycles. The molecule has 15 N–H and O–H groups in total. The SMILES string of the molecule is NCCCC[C@H](NC(=O)Cc1c[nH]c2ccc(C(F)(F)F)cc12)C(=O)Nc1ccc(C(c2ccc(NC(=O)[C@H](CCCCN)NC(=O)Cc3c[nH]c4ccc(C(F)(F)F)cc34)cc2)c2ccc(NC(=O)[C@H](CCCCN)NC(=O)Cc3c[nH]c4ccc(C(F)(F)F)cc34)cc2)cc1. The van der Waals surface area contributed by atoms with Crippen molar-refractivity contribution in [2.75, 3.05) is 35.6 Å². The molecule has 0 spiro atoms. The first-order valence-corrected chi connectivity index (χ1v) is 31.5. The second-order valence-corrected chi connectivity index (χ2v) is 23.7. The van der Waals surface area contributed by atoms with E-state index in [1.807, 2.05) is 0 Å². The third kappa shape index (κ3) is 18.9. The summed E-state index contributed by atoms with van der Waals surface area (Å²) in [4.78, 5) is 91.4. The summed E-state index contributed by atoms with van der Waals surface area (Å²) in [5, 5.41) is 17.5. The lowest BCUT2D eigenvalue weighted by Gasteiger charge is -2.22. The number of carbonyl (C=O) groups is 6. The van der Waals surface area contributed by atoms with Crippen LogP contribution in [0.15, 0.2) is 146 Å².